The van der Waals surface area contributed by atoms with Gasteiger partial charge < -0.3 is 16.8 Å². The molecule has 1 aromatic carbocycles. The van der Waals surface area contributed by atoms with E-state index in [1.54, 1.807) is 18.2 Å². The Bertz CT molecular complexity index is 534. The number of nitrogen functional groups attached to an aromatic ring is 1. The van der Waals surface area contributed by atoms with Crippen LogP contribution in [0.25, 0.3) is 0 Å². The quantitative estimate of drug-likeness (QED) is 0.734. The highest BCUT2D eigenvalue weighted by molar-refractivity contribution is 6.34. The number of carbonyl (C=O) groups is 1. The summed E-state index contributed by atoms with van der Waals surface area (Å²) >= 11 is 6.13. The smallest absolute Gasteiger partial charge is 0.253 e. The maximum Gasteiger partial charge on any atom is 0.253 e. The first-order valence-corrected chi connectivity index (χ1v) is 8.04. The Morgan fingerprint density at radius 1 is 1.24 bits per heavy atom. The van der Waals surface area contributed by atoms with E-state index in [4.69, 9.17) is 23.1 Å². The average Bonchev–Trinajstić information content (AvgIpc) is 2.39. The molecule has 2 saturated carbocycles. The van der Waals surface area contributed by atoms with Crippen molar-refractivity contribution >= 4 is 23.2 Å². The number of nitrogens with one attached hydrogen (secondary N) is 1. The summed E-state index contributed by atoms with van der Waals surface area (Å²) in [4.78, 5) is 12.5. The van der Waals surface area contributed by atoms with Crippen molar-refractivity contribution in [1.82, 2.24) is 5.32 Å². The summed E-state index contributed by atoms with van der Waals surface area (Å²) in [5.74, 6) is 0.908. The molecule has 4 nitrogen and oxygen atoms in total. The number of fused-ring (bicyclic) bond motifs is 2. The first kappa shape index (κ1) is 14.7. The molecule has 0 spiro atoms. The fraction of sp³-hybridized carbons (Fsp3) is 0.562. The molecule has 5 N–H and O–H groups in total. The maximum atomic E-state index is 12.5. The monoisotopic (exact) mass is 307 g/mol. The predicted octanol–water partition coefficient (Wildman–Crippen LogP) is 2.56. The lowest BCUT2D eigenvalue weighted by Crippen LogP contribution is -2.53. The molecular formula is C16H22ClN3O. The molecule has 2 aliphatic carbocycles. The van der Waals surface area contributed by atoms with Crippen molar-refractivity contribution < 1.29 is 4.79 Å². The highest BCUT2D eigenvalue weighted by atomic mass is 35.5. The Kier molecular flexibility index (Phi) is 4.09. The van der Waals surface area contributed by atoms with E-state index in [1.807, 2.05) is 0 Å². The molecular weight excluding hydrogens is 286 g/mol. The number of hydrogen-bond acceptors (Lipinski definition) is 3. The normalized spacial score (nSPS) is 31.7. The van der Waals surface area contributed by atoms with Crippen LogP contribution in [-0.4, -0.2) is 18.0 Å². The second-order valence-electron chi connectivity index (χ2n) is 6.42. The van der Waals surface area contributed by atoms with E-state index < -0.39 is 0 Å². The molecule has 114 valence electrons. The number of halogens is 1. The van der Waals surface area contributed by atoms with Gasteiger partial charge in [0.05, 0.1) is 10.6 Å². The Morgan fingerprint density at radius 2 is 1.90 bits per heavy atom. The van der Waals surface area contributed by atoms with E-state index in [2.05, 4.69) is 5.32 Å². The van der Waals surface area contributed by atoms with Gasteiger partial charge in [-0.15, -0.1) is 0 Å². The van der Waals surface area contributed by atoms with E-state index in [-0.39, 0.29) is 18.0 Å². The standard InChI is InChI=1S/C16H22ClN3O/c17-14-8-11(18)4-5-13(14)16(21)20-15-9-2-1-3-10(15)7-12(19)6-9/h4-5,8-10,12,15H,1-3,6-7,18-19H2,(H,20,21). The van der Waals surface area contributed by atoms with E-state index in [0.29, 0.717) is 28.1 Å². The Morgan fingerprint density at radius 3 is 2.52 bits per heavy atom. The van der Waals surface area contributed by atoms with Crippen LogP contribution >= 0.6 is 11.6 Å². The third-order valence-electron chi connectivity index (χ3n) is 4.91. The predicted molar refractivity (Wildman–Crippen MR) is 85.2 cm³/mol. The number of amides is 1. The van der Waals surface area contributed by atoms with E-state index in [1.165, 1.54) is 6.42 Å². The van der Waals surface area contributed by atoms with Gasteiger partial charge in [0, 0.05) is 17.8 Å². The highest BCUT2D eigenvalue weighted by Crippen LogP contribution is 2.39. The molecule has 0 heterocycles. The molecule has 0 aromatic heterocycles. The molecule has 2 unspecified atom stereocenters. The third-order valence-corrected chi connectivity index (χ3v) is 5.22. The minimum Gasteiger partial charge on any atom is -0.399 e. The Hall–Kier alpha value is -1.26. The van der Waals surface area contributed by atoms with Gasteiger partial charge in [0.25, 0.3) is 5.91 Å². The molecule has 2 bridgehead atoms. The summed E-state index contributed by atoms with van der Waals surface area (Å²) in [6.45, 7) is 0. The number of hydrogen-bond donors (Lipinski definition) is 3. The minimum atomic E-state index is -0.0997. The van der Waals surface area contributed by atoms with Crippen LogP contribution in [0, 0.1) is 11.8 Å². The molecule has 1 amide bonds. The van der Waals surface area contributed by atoms with Crippen molar-refractivity contribution in [2.75, 3.05) is 5.73 Å². The summed E-state index contributed by atoms with van der Waals surface area (Å²) in [5.41, 5.74) is 12.9. The molecule has 1 aromatic rings. The van der Waals surface area contributed by atoms with Crippen LogP contribution in [0.1, 0.15) is 42.5 Å². The number of carbonyl (C=O) groups excluding carboxylic acids is 1. The van der Waals surface area contributed by atoms with Gasteiger partial charge in [0.2, 0.25) is 0 Å². The van der Waals surface area contributed by atoms with Gasteiger partial charge in [-0.3, -0.25) is 4.79 Å². The average molecular weight is 308 g/mol. The summed E-state index contributed by atoms with van der Waals surface area (Å²) in [7, 11) is 0. The third kappa shape index (κ3) is 3.01. The number of nitrogens with two attached hydrogens (primary N) is 2. The largest absolute Gasteiger partial charge is 0.399 e. The molecule has 2 aliphatic rings. The van der Waals surface area contributed by atoms with Gasteiger partial charge in [-0.05, 0) is 55.7 Å². The van der Waals surface area contributed by atoms with Crippen molar-refractivity contribution in [3.05, 3.63) is 28.8 Å². The van der Waals surface area contributed by atoms with Crippen molar-refractivity contribution in [2.24, 2.45) is 17.6 Å². The molecule has 0 aliphatic heterocycles. The van der Waals surface area contributed by atoms with Crippen molar-refractivity contribution in [3.8, 4) is 0 Å². The Balaban J connectivity index is 1.75. The molecule has 21 heavy (non-hydrogen) atoms. The lowest BCUT2D eigenvalue weighted by Gasteiger charge is -2.45. The summed E-state index contributed by atoms with van der Waals surface area (Å²) in [5, 5.41) is 3.61. The first-order valence-electron chi connectivity index (χ1n) is 7.66. The zero-order valence-corrected chi connectivity index (χ0v) is 12.8. The van der Waals surface area contributed by atoms with E-state index in [9.17, 15) is 4.79 Å². The van der Waals surface area contributed by atoms with Crippen LogP contribution in [0.3, 0.4) is 0 Å². The zero-order valence-electron chi connectivity index (χ0n) is 12.0. The fourth-order valence-corrected chi connectivity index (χ4v) is 4.24. The van der Waals surface area contributed by atoms with Crippen LogP contribution < -0.4 is 16.8 Å². The van der Waals surface area contributed by atoms with Crippen LogP contribution in [0.15, 0.2) is 18.2 Å². The number of benzene rings is 1. The lowest BCUT2D eigenvalue weighted by molar-refractivity contribution is 0.0756. The van der Waals surface area contributed by atoms with Crippen LogP contribution in [0.2, 0.25) is 5.02 Å². The van der Waals surface area contributed by atoms with Crippen molar-refractivity contribution in [2.45, 2.75) is 44.2 Å². The summed E-state index contributed by atoms with van der Waals surface area (Å²) < 4.78 is 0. The molecule has 5 heteroatoms. The second-order valence-corrected chi connectivity index (χ2v) is 6.83. The van der Waals surface area contributed by atoms with E-state index >= 15 is 0 Å². The van der Waals surface area contributed by atoms with Gasteiger partial charge in [-0.25, -0.2) is 0 Å². The van der Waals surface area contributed by atoms with Crippen molar-refractivity contribution in [3.63, 3.8) is 0 Å². The van der Waals surface area contributed by atoms with Gasteiger partial charge in [-0.1, -0.05) is 18.0 Å². The highest BCUT2D eigenvalue weighted by Gasteiger charge is 2.40. The Labute approximate surface area is 130 Å². The van der Waals surface area contributed by atoms with Crippen LogP contribution in [-0.2, 0) is 0 Å². The molecule has 2 atom stereocenters. The number of anilines is 1. The molecule has 0 radical (unpaired) electrons. The van der Waals surface area contributed by atoms with Crippen LogP contribution in [0.5, 0.6) is 0 Å². The van der Waals surface area contributed by atoms with Crippen LogP contribution in [0.4, 0.5) is 5.69 Å². The van der Waals surface area contributed by atoms with E-state index in [0.717, 1.165) is 25.7 Å². The van der Waals surface area contributed by atoms with Gasteiger partial charge in [-0.2, -0.15) is 0 Å². The summed E-state index contributed by atoms with van der Waals surface area (Å²) in [6, 6.07) is 5.54. The molecule has 0 saturated heterocycles. The lowest BCUT2D eigenvalue weighted by atomic mass is 9.67. The maximum absolute atomic E-state index is 12.5. The fourth-order valence-electron chi connectivity index (χ4n) is 3.97. The number of rotatable bonds is 2. The van der Waals surface area contributed by atoms with Gasteiger partial charge in [0.15, 0.2) is 0 Å². The molecule has 3 rings (SSSR count). The second kappa shape index (κ2) is 5.85. The first-order chi connectivity index (χ1) is 10.0. The minimum absolute atomic E-state index is 0.0997. The SMILES string of the molecule is Nc1ccc(C(=O)NC2C3CCCC2CC(N)C3)c(Cl)c1. The van der Waals surface area contributed by atoms with Gasteiger partial charge in [0.1, 0.15) is 0 Å². The molecule has 2 fully saturated rings. The van der Waals surface area contributed by atoms with Crippen molar-refractivity contribution in [1.29, 1.82) is 0 Å². The van der Waals surface area contributed by atoms with Gasteiger partial charge >= 0.3 is 0 Å². The topological polar surface area (TPSA) is 81.1 Å². The zero-order chi connectivity index (χ0) is 15.0. The summed E-state index contributed by atoms with van der Waals surface area (Å²) in [6.07, 6.45) is 5.58.